The molecule has 3 nitrogen and oxygen atoms in total. The van der Waals surface area contributed by atoms with Crippen LogP contribution in [-0.4, -0.2) is 9.79 Å². The Morgan fingerprint density at radius 3 is 1.40 bits per heavy atom. The van der Waals surface area contributed by atoms with Crippen molar-refractivity contribution in [1.82, 2.24) is 0 Å². The summed E-state index contributed by atoms with van der Waals surface area (Å²) in [6, 6.07) is 0. The molecule has 5 heteroatoms. The maximum Gasteiger partial charge on any atom is 0.314 e. The summed E-state index contributed by atoms with van der Waals surface area (Å²) >= 11 is 0. The van der Waals surface area contributed by atoms with E-state index in [-0.39, 0.29) is 21.1 Å². The zero-order valence-corrected chi connectivity index (χ0v) is 6.14. The molecule has 0 saturated heterocycles. The molecule has 0 saturated carbocycles. The second-order valence-electron chi connectivity index (χ2n) is 0.283. The van der Waals surface area contributed by atoms with Crippen LogP contribution in [0.3, 0.4) is 0 Å². The van der Waals surface area contributed by atoms with E-state index in [1.807, 2.05) is 0 Å². The van der Waals surface area contributed by atoms with Crippen LogP contribution in [0.1, 0.15) is 0 Å². The van der Waals surface area contributed by atoms with Crippen molar-refractivity contribution in [1.29, 1.82) is 0 Å². The van der Waals surface area contributed by atoms with Gasteiger partial charge in [-0.3, -0.25) is 4.57 Å². The van der Waals surface area contributed by atoms with Gasteiger partial charge >= 0.3 is 8.25 Å². The van der Waals surface area contributed by atoms with Crippen LogP contribution in [0.5, 0.6) is 0 Å². The first kappa shape index (κ1) is 9.28. The van der Waals surface area contributed by atoms with Crippen LogP contribution in [0.4, 0.5) is 0 Å². The largest absolute Gasteiger partial charge is 0.326 e. The van der Waals surface area contributed by atoms with Crippen molar-refractivity contribution in [2.75, 3.05) is 0 Å². The first-order valence-corrected chi connectivity index (χ1v) is 1.95. The second-order valence-corrected chi connectivity index (χ2v) is 0.848. The van der Waals surface area contributed by atoms with E-state index < -0.39 is 8.25 Å². The third-order valence-corrected chi connectivity index (χ3v) is 0. The maximum absolute atomic E-state index is 8.74. The van der Waals surface area contributed by atoms with Crippen molar-refractivity contribution in [3.63, 3.8) is 0 Å². The van der Waals surface area contributed by atoms with Gasteiger partial charge in [0, 0.05) is 21.1 Å². The molecule has 0 fully saturated rings. The Kier molecular flexibility index (Phi) is 8.98. The van der Waals surface area contributed by atoms with Crippen LogP contribution >= 0.6 is 8.25 Å². The Hall–Kier alpha value is 0.838. The third kappa shape index (κ3) is 55.5. The summed E-state index contributed by atoms with van der Waals surface area (Å²) in [5.41, 5.74) is 0. The van der Waals surface area contributed by atoms with Crippen LogP contribution in [-0.2, 0) is 25.6 Å². The maximum atomic E-state index is 8.74. The van der Waals surface area contributed by atoms with Crippen LogP contribution in [0.15, 0.2) is 0 Å². The van der Waals surface area contributed by atoms with Gasteiger partial charge in [0.15, 0.2) is 0 Å². The summed E-state index contributed by atoms with van der Waals surface area (Å²) in [6.45, 7) is 0. The van der Waals surface area contributed by atoms with Crippen molar-refractivity contribution in [3.05, 3.63) is 0 Å². The summed E-state index contributed by atoms with van der Waals surface area (Å²) in [5, 5.41) is 0. The van der Waals surface area contributed by atoms with Gasteiger partial charge in [-0.25, -0.2) is 0 Å². The van der Waals surface area contributed by atoms with Gasteiger partial charge in [-0.1, -0.05) is 0 Å². The molecule has 0 atom stereocenters. The Labute approximate surface area is 44.2 Å². The van der Waals surface area contributed by atoms with Gasteiger partial charge in [0.2, 0.25) is 0 Å². The van der Waals surface area contributed by atoms with Gasteiger partial charge in [0.1, 0.15) is 0 Å². The topological polar surface area (TPSA) is 57.5 Å². The van der Waals surface area contributed by atoms with Gasteiger partial charge in [-0.15, -0.1) is 0 Å². The van der Waals surface area contributed by atoms with Crippen molar-refractivity contribution in [3.8, 4) is 0 Å². The molecule has 5 heavy (non-hydrogen) atoms. The molecule has 0 aromatic rings. The molecule has 0 radical (unpaired) electrons. The number of hydrogen-bond donors (Lipinski definition) is 2. The molecule has 32 valence electrons. The van der Waals surface area contributed by atoms with Gasteiger partial charge in [0.05, 0.1) is 0 Å². The van der Waals surface area contributed by atoms with Gasteiger partial charge in [-0.05, 0) is 0 Å². The third-order valence-electron chi connectivity index (χ3n) is 0. The number of hydrogen-bond acceptors (Lipinski definition) is 1. The van der Waals surface area contributed by atoms with Crippen molar-refractivity contribution in [2.24, 2.45) is 0 Å². The van der Waals surface area contributed by atoms with Crippen LogP contribution in [0.25, 0.3) is 0 Å². The SMILES string of the molecule is O=[PH](O)O.[W]. The molecule has 0 aliphatic carbocycles. The van der Waals surface area contributed by atoms with Crippen molar-refractivity contribution < 1.29 is 35.4 Å². The molecule has 0 heterocycles. The summed E-state index contributed by atoms with van der Waals surface area (Å²) < 4.78 is 8.74. The molecule has 0 unspecified atom stereocenters. The molecule has 0 aromatic carbocycles. The van der Waals surface area contributed by atoms with Crippen molar-refractivity contribution >= 4 is 8.25 Å². The Morgan fingerprint density at radius 2 is 1.40 bits per heavy atom. The Bertz CT molecular complexity index is 29.9. The average molecular weight is 266 g/mol. The minimum Gasteiger partial charge on any atom is -0.326 e. The molecule has 0 bridgehead atoms. The Morgan fingerprint density at radius 1 is 1.40 bits per heavy atom. The van der Waals surface area contributed by atoms with Crippen LogP contribution < -0.4 is 0 Å². The van der Waals surface area contributed by atoms with E-state index in [1.54, 1.807) is 0 Å². The summed E-state index contributed by atoms with van der Waals surface area (Å²) in [5.74, 6) is 0. The van der Waals surface area contributed by atoms with Gasteiger partial charge in [0.25, 0.3) is 0 Å². The predicted molar refractivity (Wildman–Crippen MR) is 13.4 cm³/mol. The normalized spacial score (nSPS) is 7.00. The quantitative estimate of drug-likeness (QED) is 0.573. The summed E-state index contributed by atoms with van der Waals surface area (Å²) in [6.07, 6.45) is 0. The molecule has 0 aromatic heterocycles. The molecule has 0 amide bonds. The van der Waals surface area contributed by atoms with Gasteiger partial charge < -0.3 is 9.79 Å². The summed E-state index contributed by atoms with van der Waals surface area (Å²) in [4.78, 5) is 14.3. The van der Waals surface area contributed by atoms with E-state index in [0.717, 1.165) is 0 Å². The van der Waals surface area contributed by atoms with E-state index in [4.69, 9.17) is 14.4 Å². The number of rotatable bonds is 0. The van der Waals surface area contributed by atoms with Crippen LogP contribution in [0, 0.1) is 0 Å². The molecule has 2 N–H and O–H groups in total. The van der Waals surface area contributed by atoms with E-state index in [2.05, 4.69) is 0 Å². The molecule has 0 rings (SSSR count). The monoisotopic (exact) mass is 266 g/mol. The van der Waals surface area contributed by atoms with Crippen molar-refractivity contribution in [2.45, 2.75) is 0 Å². The Balaban J connectivity index is 0. The van der Waals surface area contributed by atoms with Gasteiger partial charge in [-0.2, -0.15) is 0 Å². The molecular formula is H3O3PW. The van der Waals surface area contributed by atoms with E-state index >= 15 is 0 Å². The first-order valence-electron chi connectivity index (χ1n) is 0.651. The smallest absolute Gasteiger partial charge is 0.314 e. The fourth-order valence-electron chi connectivity index (χ4n) is 0. The minimum absolute atomic E-state index is 0. The molecule has 0 spiro atoms. The van der Waals surface area contributed by atoms with E-state index in [0.29, 0.717) is 0 Å². The van der Waals surface area contributed by atoms with E-state index in [9.17, 15) is 0 Å². The zero-order chi connectivity index (χ0) is 3.58. The summed E-state index contributed by atoms with van der Waals surface area (Å²) in [7, 11) is -3.13. The standard InChI is InChI=1S/H3O3P.W/c1-4(2)3;/h4H,(H2,1,2,3);. The average Bonchev–Trinajstić information content (AvgIpc) is 0.811. The molecular weight excluding hydrogens is 263 g/mol. The van der Waals surface area contributed by atoms with E-state index in [1.165, 1.54) is 0 Å². The second kappa shape index (κ2) is 4.84. The minimum atomic E-state index is -3.13. The zero-order valence-electron chi connectivity index (χ0n) is 2.21. The fraction of sp³-hybridized carbons (Fsp3) is 0. The fourth-order valence-corrected chi connectivity index (χ4v) is 0. The predicted octanol–water partition coefficient (Wildman–Crippen LogP) is -0.642. The van der Waals surface area contributed by atoms with Crippen LogP contribution in [0.2, 0.25) is 0 Å². The molecule has 0 aliphatic heterocycles. The first-order chi connectivity index (χ1) is 1.73. The molecule has 0 aliphatic rings.